The van der Waals surface area contributed by atoms with Crippen LogP contribution in [0.1, 0.15) is 97.3 Å². The van der Waals surface area contributed by atoms with Crippen LogP contribution in [0.5, 0.6) is 0 Å². The molecule has 0 radical (unpaired) electrons. The molecule has 0 N–H and O–H groups in total. The second-order valence-corrected chi connectivity index (χ2v) is 11.6. The van der Waals surface area contributed by atoms with Gasteiger partial charge in [0, 0.05) is 0 Å². The zero-order valence-electron chi connectivity index (χ0n) is 18.7. The molecule has 4 fully saturated rings. The number of halogens is 3. The van der Waals surface area contributed by atoms with Crippen LogP contribution in [0, 0.1) is 47.3 Å². The van der Waals surface area contributed by atoms with Crippen molar-refractivity contribution < 1.29 is 13.2 Å². The number of alkyl halides is 3. The lowest BCUT2D eigenvalue weighted by Gasteiger charge is -2.46. The Hall–Kier alpha value is -0.210. The second-order valence-electron chi connectivity index (χ2n) is 11.6. The summed E-state index contributed by atoms with van der Waals surface area (Å²) in [6.07, 6.45) is 9.64. The molecule has 3 heteroatoms. The van der Waals surface area contributed by atoms with Crippen LogP contribution in [0.15, 0.2) is 0 Å². The molecule has 7 atom stereocenters. The van der Waals surface area contributed by atoms with E-state index in [1.807, 2.05) is 0 Å². The fraction of sp³-hybridized carbons (Fsp3) is 1.00. The van der Waals surface area contributed by atoms with E-state index in [1.165, 1.54) is 25.7 Å². The average Bonchev–Trinajstić information content (AvgIpc) is 2.72. The largest absolute Gasteiger partial charge is 0.247 e. The van der Waals surface area contributed by atoms with E-state index in [9.17, 15) is 0 Å². The summed E-state index contributed by atoms with van der Waals surface area (Å²) < 4.78 is 45.6. The molecule has 4 saturated carbocycles. The van der Waals surface area contributed by atoms with Crippen molar-refractivity contribution in [1.29, 1.82) is 0 Å². The van der Waals surface area contributed by atoms with Crippen molar-refractivity contribution in [2.24, 2.45) is 47.3 Å². The smallest absolute Gasteiger partial charge is 0.135 e. The lowest BCUT2D eigenvalue weighted by atomic mass is 9.61. The maximum Gasteiger partial charge on any atom is 0.135 e. The molecule has 0 nitrogen and oxygen atoms in total. The first kappa shape index (κ1) is 22.0. The monoisotopic (exact) mass is 412 g/mol. The van der Waals surface area contributed by atoms with Gasteiger partial charge in [-0.2, -0.15) is 0 Å². The molecule has 0 heterocycles. The lowest BCUT2D eigenvalue weighted by molar-refractivity contribution is -0.0573. The van der Waals surface area contributed by atoms with Crippen molar-refractivity contribution in [1.82, 2.24) is 0 Å². The van der Waals surface area contributed by atoms with E-state index >= 15 is 13.2 Å². The van der Waals surface area contributed by atoms with Crippen LogP contribution < -0.4 is 0 Å². The Labute approximate surface area is 176 Å². The minimum atomic E-state index is -1.44. The predicted molar refractivity (Wildman–Crippen MR) is 114 cm³/mol. The Morgan fingerprint density at radius 3 is 1.48 bits per heavy atom. The predicted octanol–water partition coefficient (Wildman–Crippen LogP) is 8.10. The maximum absolute atomic E-state index is 15.2. The molecule has 7 unspecified atom stereocenters. The van der Waals surface area contributed by atoms with E-state index < -0.39 is 18.5 Å². The van der Waals surface area contributed by atoms with Gasteiger partial charge in [-0.05, 0) is 105 Å². The van der Waals surface area contributed by atoms with Crippen LogP contribution in [-0.4, -0.2) is 18.5 Å². The van der Waals surface area contributed by atoms with Gasteiger partial charge in [-0.15, -0.1) is 0 Å². The van der Waals surface area contributed by atoms with Crippen molar-refractivity contribution in [2.45, 2.75) is 116 Å². The summed E-state index contributed by atoms with van der Waals surface area (Å²) in [5.41, 5.74) is 0. The van der Waals surface area contributed by atoms with Crippen LogP contribution >= 0.6 is 0 Å². The van der Waals surface area contributed by atoms with Gasteiger partial charge < -0.3 is 0 Å². The van der Waals surface area contributed by atoms with Gasteiger partial charge in [0.25, 0.3) is 0 Å². The van der Waals surface area contributed by atoms with Gasteiger partial charge in [-0.25, -0.2) is 13.2 Å². The highest BCUT2D eigenvalue weighted by atomic mass is 19.2. The molecule has 0 aliphatic heterocycles. The molecule has 4 aliphatic rings. The highest BCUT2D eigenvalue weighted by Gasteiger charge is 2.49. The van der Waals surface area contributed by atoms with Crippen molar-refractivity contribution in [3.8, 4) is 0 Å². The van der Waals surface area contributed by atoms with E-state index in [1.54, 1.807) is 0 Å². The molecule has 0 aromatic heterocycles. The fourth-order valence-corrected chi connectivity index (χ4v) is 7.67. The molecule has 0 bridgehead atoms. The molecule has 4 aliphatic carbocycles. The van der Waals surface area contributed by atoms with Gasteiger partial charge in [-0.3, -0.25) is 0 Å². The summed E-state index contributed by atoms with van der Waals surface area (Å²) in [7, 11) is 0. The molecule has 4 rings (SSSR count). The molecule has 0 saturated heterocycles. The Kier molecular flexibility index (Phi) is 7.22. The Balaban J connectivity index is 1.31. The van der Waals surface area contributed by atoms with Crippen molar-refractivity contribution in [3.63, 3.8) is 0 Å². The quantitative estimate of drug-likeness (QED) is 0.439. The molecule has 168 valence electrons. The summed E-state index contributed by atoms with van der Waals surface area (Å²) in [6, 6.07) is 0. The molecule has 0 amide bonds. The van der Waals surface area contributed by atoms with Crippen molar-refractivity contribution >= 4 is 0 Å². The third kappa shape index (κ3) is 4.84. The first-order valence-corrected chi connectivity index (χ1v) is 12.9. The molecular formula is C26H43F3. The van der Waals surface area contributed by atoms with Gasteiger partial charge in [0.1, 0.15) is 18.5 Å². The summed E-state index contributed by atoms with van der Waals surface area (Å²) in [5.74, 6) is 2.31. The van der Waals surface area contributed by atoms with E-state index in [-0.39, 0.29) is 17.8 Å². The Morgan fingerprint density at radius 2 is 0.897 bits per heavy atom. The molecular weight excluding hydrogens is 369 g/mol. The van der Waals surface area contributed by atoms with E-state index in [0.717, 1.165) is 56.8 Å². The molecule has 29 heavy (non-hydrogen) atoms. The SMILES string of the molecule is CC1CCC(C2CCC(C3CCC(C4CCC(C)CC4)C(F)C3F)C(F)C2)CC1. The number of hydrogen-bond donors (Lipinski definition) is 0. The van der Waals surface area contributed by atoms with Gasteiger partial charge in [0.2, 0.25) is 0 Å². The maximum atomic E-state index is 15.2. The zero-order chi connectivity index (χ0) is 20.5. The average molecular weight is 413 g/mol. The Morgan fingerprint density at radius 1 is 0.448 bits per heavy atom. The van der Waals surface area contributed by atoms with E-state index in [0.29, 0.717) is 30.6 Å². The lowest BCUT2D eigenvalue weighted by Crippen LogP contribution is -2.47. The van der Waals surface area contributed by atoms with Gasteiger partial charge >= 0.3 is 0 Å². The minimum absolute atomic E-state index is 0.118. The minimum Gasteiger partial charge on any atom is -0.247 e. The zero-order valence-corrected chi connectivity index (χ0v) is 18.7. The van der Waals surface area contributed by atoms with E-state index in [2.05, 4.69) is 13.8 Å². The van der Waals surface area contributed by atoms with Gasteiger partial charge in [0.15, 0.2) is 0 Å². The van der Waals surface area contributed by atoms with Gasteiger partial charge in [-0.1, -0.05) is 39.5 Å². The topological polar surface area (TPSA) is 0 Å². The van der Waals surface area contributed by atoms with E-state index in [4.69, 9.17) is 0 Å². The first-order chi connectivity index (χ1) is 13.9. The summed E-state index contributed by atoms with van der Waals surface area (Å²) in [6.45, 7) is 4.59. The third-order valence-electron chi connectivity index (χ3n) is 9.76. The first-order valence-electron chi connectivity index (χ1n) is 12.9. The normalized spacial score (nSPS) is 52.2. The van der Waals surface area contributed by atoms with Crippen LogP contribution in [0.3, 0.4) is 0 Å². The second kappa shape index (κ2) is 9.51. The molecule has 0 aromatic rings. The van der Waals surface area contributed by atoms with Gasteiger partial charge in [0.05, 0.1) is 0 Å². The summed E-state index contributed by atoms with van der Waals surface area (Å²) >= 11 is 0. The summed E-state index contributed by atoms with van der Waals surface area (Å²) in [4.78, 5) is 0. The van der Waals surface area contributed by atoms with Crippen molar-refractivity contribution in [2.75, 3.05) is 0 Å². The van der Waals surface area contributed by atoms with Crippen LogP contribution in [-0.2, 0) is 0 Å². The third-order valence-corrected chi connectivity index (χ3v) is 9.76. The fourth-order valence-electron chi connectivity index (χ4n) is 7.67. The van der Waals surface area contributed by atoms with Crippen LogP contribution in [0.25, 0.3) is 0 Å². The highest BCUT2D eigenvalue weighted by molar-refractivity contribution is 4.97. The molecule has 0 spiro atoms. The standard InChI is InChI=1S/C26H43F3/c1-16-3-7-18(8-4-16)20-11-12-22(24(27)15-20)23-14-13-21(25(28)26(23)29)19-9-5-17(2)6-10-19/h16-26H,3-15H2,1-2H3. The summed E-state index contributed by atoms with van der Waals surface area (Å²) in [5, 5.41) is 0. The van der Waals surface area contributed by atoms with Crippen LogP contribution in [0.4, 0.5) is 13.2 Å². The number of hydrogen-bond acceptors (Lipinski definition) is 0. The Bertz CT molecular complexity index is 506. The highest BCUT2D eigenvalue weighted by Crippen LogP contribution is 2.50. The van der Waals surface area contributed by atoms with Crippen LogP contribution in [0.2, 0.25) is 0 Å². The van der Waals surface area contributed by atoms with Crippen molar-refractivity contribution in [3.05, 3.63) is 0 Å². The number of rotatable bonds is 3. The molecule has 0 aromatic carbocycles.